The highest BCUT2D eigenvalue weighted by Crippen LogP contribution is 2.11. The highest BCUT2D eigenvalue weighted by molar-refractivity contribution is 6.38. The van der Waals surface area contributed by atoms with Gasteiger partial charge < -0.3 is 11.1 Å². The lowest BCUT2D eigenvalue weighted by Crippen LogP contribution is -2.47. The Labute approximate surface area is 160 Å². The molecule has 0 saturated carbocycles. The van der Waals surface area contributed by atoms with Gasteiger partial charge in [-0.1, -0.05) is 30.3 Å². The van der Waals surface area contributed by atoms with Crippen molar-refractivity contribution in [3.05, 3.63) is 71.9 Å². The highest BCUT2D eigenvalue weighted by atomic mass is 16.2. The van der Waals surface area contributed by atoms with Crippen LogP contribution in [0.1, 0.15) is 21.7 Å². The maximum atomic E-state index is 12.9. The molecule has 3 N–H and O–H groups in total. The van der Waals surface area contributed by atoms with Gasteiger partial charge in [0, 0.05) is 18.7 Å². The smallest absolute Gasteiger partial charge is 0.287 e. The fraction of sp³-hybridized carbons (Fsp3) is 0.158. The molecule has 0 aliphatic rings. The number of nitrogens with one attached hydrogen (secondary N) is 1. The molecular formula is C19H18N6O3. The number of amides is 2. The Bertz CT molecular complexity index is 1000. The van der Waals surface area contributed by atoms with Crippen LogP contribution >= 0.6 is 0 Å². The fourth-order valence-corrected chi connectivity index (χ4v) is 2.71. The van der Waals surface area contributed by atoms with Gasteiger partial charge in [-0.15, -0.1) is 0 Å². The molecule has 0 spiro atoms. The summed E-state index contributed by atoms with van der Waals surface area (Å²) in [5.74, 6) is -2.16. The van der Waals surface area contributed by atoms with Gasteiger partial charge in [0.2, 0.25) is 5.78 Å². The number of rotatable bonds is 7. The van der Waals surface area contributed by atoms with E-state index in [1.165, 1.54) is 17.2 Å². The van der Waals surface area contributed by atoms with Gasteiger partial charge in [-0.25, -0.2) is 14.6 Å². The van der Waals surface area contributed by atoms with Gasteiger partial charge in [0.1, 0.15) is 18.1 Å². The first-order chi connectivity index (χ1) is 13.5. The second kappa shape index (κ2) is 8.21. The summed E-state index contributed by atoms with van der Waals surface area (Å²) in [6.45, 7) is 1.73. The van der Waals surface area contributed by atoms with Crippen LogP contribution in [0.2, 0.25) is 0 Å². The Balaban J connectivity index is 1.88. The number of carbonyl (C=O) groups is 3. The second-order valence-electron chi connectivity index (χ2n) is 6.09. The summed E-state index contributed by atoms with van der Waals surface area (Å²) in [5.41, 5.74) is 6.70. The van der Waals surface area contributed by atoms with Crippen LogP contribution in [0.25, 0.3) is 5.82 Å². The van der Waals surface area contributed by atoms with E-state index in [0.29, 0.717) is 11.5 Å². The molecule has 0 radical (unpaired) electrons. The number of nitrogens with two attached hydrogens (primary N) is 1. The Morgan fingerprint density at radius 3 is 2.57 bits per heavy atom. The van der Waals surface area contributed by atoms with E-state index in [1.54, 1.807) is 43.3 Å². The molecule has 2 amide bonds. The maximum absolute atomic E-state index is 12.9. The van der Waals surface area contributed by atoms with Crippen LogP contribution in [-0.4, -0.2) is 43.4 Å². The van der Waals surface area contributed by atoms with E-state index in [4.69, 9.17) is 5.73 Å². The number of ketones is 1. The maximum Gasteiger partial charge on any atom is 0.287 e. The summed E-state index contributed by atoms with van der Waals surface area (Å²) in [6.07, 6.45) is 2.99. The number of hydrogen-bond acceptors (Lipinski definition) is 6. The molecule has 3 aromatic rings. The SMILES string of the molecule is Cc1cc(C(=O)N[C@@H](Cc2ccccc2)C(=O)C(N)=O)n(-c2ccncn2)n1. The van der Waals surface area contributed by atoms with E-state index in [9.17, 15) is 14.4 Å². The number of primary amides is 1. The summed E-state index contributed by atoms with van der Waals surface area (Å²) in [5, 5.41) is 6.86. The minimum Gasteiger partial charge on any atom is -0.363 e. The zero-order chi connectivity index (χ0) is 20.1. The molecule has 2 aromatic heterocycles. The average Bonchev–Trinajstić information content (AvgIpc) is 3.10. The minimum atomic E-state index is -1.11. The molecule has 0 saturated heterocycles. The van der Waals surface area contributed by atoms with Crippen LogP contribution in [0, 0.1) is 6.92 Å². The van der Waals surface area contributed by atoms with Crippen molar-refractivity contribution in [2.24, 2.45) is 5.73 Å². The van der Waals surface area contributed by atoms with Crippen LogP contribution in [0.15, 0.2) is 55.0 Å². The third-order valence-electron chi connectivity index (χ3n) is 3.99. The third-order valence-corrected chi connectivity index (χ3v) is 3.99. The van der Waals surface area contributed by atoms with E-state index in [0.717, 1.165) is 5.56 Å². The van der Waals surface area contributed by atoms with Crippen LogP contribution in [0.5, 0.6) is 0 Å². The second-order valence-corrected chi connectivity index (χ2v) is 6.09. The summed E-state index contributed by atoms with van der Waals surface area (Å²) in [6, 6.07) is 11.1. The number of hydrogen-bond donors (Lipinski definition) is 2. The molecule has 9 heteroatoms. The van der Waals surface area contributed by atoms with Crippen LogP contribution in [0.3, 0.4) is 0 Å². The third kappa shape index (κ3) is 4.26. The lowest BCUT2D eigenvalue weighted by atomic mass is 10.0. The first-order valence-corrected chi connectivity index (χ1v) is 8.47. The Hall–Kier alpha value is -3.88. The van der Waals surface area contributed by atoms with Crippen molar-refractivity contribution in [3.8, 4) is 5.82 Å². The van der Waals surface area contributed by atoms with Crippen molar-refractivity contribution in [3.63, 3.8) is 0 Å². The fourth-order valence-electron chi connectivity index (χ4n) is 2.71. The van der Waals surface area contributed by atoms with Crippen molar-refractivity contribution in [2.45, 2.75) is 19.4 Å². The predicted octanol–water partition coefficient (Wildman–Crippen LogP) is 0.366. The van der Waals surface area contributed by atoms with Crippen molar-refractivity contribution in [1.82, 2.24) is 25.1 Å². The lowest BCUT2D eigenvalue weighted by molar-refractivity contribution is -0.137. The number of benzene rings is 1. The number of aryl methyl sites for hydroxylation is 1. The molecule has 0 fully saturated rings. The summed E-state index contributed by atoms with van der Waals surface area (Å²) < 4.78 is 1.35. The Kier molecular flexibility index (Phi) is 5.54. The van der Waals surface area contributed by atoms with Gasteiger partial charge in [-0.2, -0.15) is 5.10 Å². The van der Waals surface area contributed by atoms with Gasteiger partial charge in [0.05, 0.1) is 5.69 Å². The standard InChI is InChI=1S/C19H18N6O3/c1-12-9-15(25(24-12)16-7-8-21-11-22-16)19(28)23-14(17(26)18(20)27)10-13-5-3-2-4-6-13/h2-9,11,14H,10H2,1H3,(H2,20,27)(H,23,28)/t14-/m0/s1. The minimum absolute atomic E-state index is 0.134. The summed E-state index contributed by atoms with van der Waals surface area (Å²) in [7, 11) is 0. The topological polar surface area (TPSA) is 133 Å². The molecule has 28 heavy (non-hydrogen) atoms. The molecule has 142 valence electrons. The molecule has 0 aliphatic carbocycles. The Morgan fingerprint density at radius 1 is 1.18 bits per heavy atom. The van der Waals surface area contributed by atoms with Gasteiger partial charge in [-0.05, 0) is 18.6 Å². The monoisotopic (exact) mass is 378 g/mol. The molecular weight excluding hydrogens is 360 g/mol. The van der Waals surface area contributed by atoms with Crippen LogP contribution in [-0.2, 0) is 16.0 Å². The van der Waals surface area contributed by atoms with Gasteiger partial charge >= 0.3 is 0 Å². The van der Waals surface area contributed by atoms with E-state index >= 15 is 0 Å². The van der Waals surface area contributed by atoms with E-state index < -0.39 is 23.6 Å². The number of carbonyl (C=O) groups excluding carboxylic acids is 3. The largest absolute Gasteiger partial charge is 0.363 e. The van der Waals surface area contributed by atoms with Gasteiger partial charge in [0.25, 0.3) is 11.8 Å². The first-order valence-electron chi connectivity index (χ1n) is 8.47. The van der Waals surface area contributed by atoms with Crippen LogP contribution < -0.4 is 11.1 Å². The number of aromatic nitrogens is 4. The van der Waals surface area contributed by atoms with E-state index in [2.05, 4.69) is 20.4 Å². The normalized spacial score (nSPS) is 11.6. The van der Waals surface area contributed by atoms with Gasteiger partial charge in [0.15, 0.2) is 5.82 Å². The summed E-state index contributed by atoms with van der Waals surface area (Å²) in [4.78, 5) is 44.5. The van der Waals surface area contributed by atoms with Crippen molar-refractivity contribution < 1.29 is 14.4 Å². The first kappa shape index (κ1) is 18.9. The van der Waals surface area contributed by atoms with E-state index in [-0.39, 0.29) is 12.1 Å². The van der Waals surface area contributed by atoms with Crippen molar-refractivity contribution in [1.29, 1.82) is 0 Å². The van der Waals surface area contributed by atoms with Crippen molar-refractivity contribution >= 4 is 17.6 Å². The molecule has 0 unspecified atom stereocenters. The number of Topliss-reactive ketones (excluding diaryl/α,β-unsaturated/α-hetero) is 1. The quantitative estimate of drug-likeness (QED) is 0.571. The number of nitrogens with zero attached hydrogens (tertiary/aromatic N) is 4. The molecule has 0 bridgehead atoms. The lowest BCUT2D eigenvalue weighted by Gasteiger charge is -2.16. The molecule has 1 aromatic carbocycles. The molecule has 3 rings (SSSR count). The zero-order valence-corrected chi connectivity index (χ0v) is 15.1. The molecule has 9 nitrogen and oxygen atoms in total. The molecule has 0 aliphatic heterocycles. The van der Waals surface area contributed by atoms with Crippen molar-refractivity contribution in [2.75, 3.05) is 0 Å². The highest BCUT2D eigenvalue weighted by Gasteiger charge is 2.27. The molecule has 1 atom stereocenters. The summed E-state index contributed by atoms with van der Waals surface area (Å²) >= 11 is 0. The van der Waals surface area contributed by atoms with Gasteiger partial charge in [-0.3, -0.25) is 14.4 Å². The zero-order valence-electron chi connectivity index (χ0n) is 15.1. The predicted molar refractivity (Wildman–Crippen MR) is 99.5 cm³/mol. The van der Waals surface area contributed by atoms with Crippen LogP contribution in [0.4, 0.5) is 0 Å². The Morgan fingerprint density at radius 2 is 1.93 bits per heavy atom. The molecule has 2 heterocycles. The van der Waals surface area contributed by atoms with E-state index in [1.807, 2.05) is 6.07 Å². The average molecular weight is 378 g/mol.